The molecule has 0 aromatic rings. The van der Waals surface area contributed by atoms with E-state index < -0.39 is 36.7 Å². The number of hydrogen-bond donors (Lipinski definition) is 2. The highest BCUT2D eigenvalue weighted by atomic mass is 16.6. The van der Waals surface area contributed by atoms with Gasteiger partial charge in [-0.15, -0.1) is 0 Å². The molecule has 0 amide bonds. The van der Waals surface area contributed by atoms with Crippen LogP contribution in [0.2, 0.25) is 0 Å². The summed E-state index contributed by atoms with van der Waals surface area (Å²) < 4.78 is 11.1. The van der Waals surface area contributed by atoms with Gasteiger partial charge in [-0.25, -0.2) is 9.59 Å². The van der Waals surface area contributed by atoms with Gasteiger partial charge in [-0.05, 0) is 38.8 Å². The second-order valence-electron chi connectivity index (χ2n) is 6.74. The number of hydrogen-bond acceptors (Lipinski definition) is 6. The summed E-state index contributed by atoms with van der Waals surface area (Å²) in [6, 6.07) is 0. The number of carbonyl (C=O) groups is 2. The first kappa shape index (κ1) is 20.1. The Morgan fingerprint density at radius 2 is 2.12 bits per heavy atom. The van der Waals surface area contributed by atoms with E-state index in [2.05, 4.69) is 12.7 Å². The number of fused-ring (bicyclic) bond motifs is 1. The van der Waals surface area contributed by atoms with Crippen molar-refractivity contribution in [2.45, 2.75) is 45.3 Å². The lowest BCUT2D eigenvalue weighted by atomic mass is 9.85. The zero-order valence-corrected chi connectivity index (χ0v) is 15.2. The van der Waals surface area contributed by atoms with Gasteiger partial charge in [-0.3, -0.25) is 0 Å². The molecule has 2 N–H and O–H groups in total. The summed E-state index contributed by atoms with van der Waals surface area (Å²) in [5.74, 6) is -1.70. The molecule has 1 aliphatic heterocycles. The smallest absolute Gasteiger partial charge is 0.336 e. The Bertz CT molecular complexity index is 670. The van der Waals surface area contributed by atoms with Crippen LogP contribution in [0.1, 0.15) is 33.1 Å². The van der Waals surface area contributed by atoms with Crippen molar-refractivity contribution >= 4 is 11.9 Å². The minimum absolute atomic E-state index is 0.0228. The maximum Gasteiger partial charge on any atom is 0.336 e. The third kappa shape index (κ3) is 4.71. The first-order chi connectivity index (χ1) is 12.4. The maximum absolute atomic E-state index is 12.4. The Balaban J connectivity index is 2.36. The molecule has 6 heteroatoms. The Hall–Kier alpha value is -2.18. The van der Waals surface area contributed by atoms with Crippen molar-refractivity contribution in [1.82, 2.24) is 0 Å². The van der Waals surface area contributed by atoms with E-state index in [9.17, 15) is 14.7 Å². The van der Waals surface area contributed by atoms with Gasteiger partial charge >= 0.3 is 11.9 Å². The molecule has 2 aliphatic rings. The van der Waals surface area contributed by atoms with Crippen molar-refractivity contribution in [3.05, 3.63) is 47.1 Å². The van der Waals surface area contributed by atoms with Crippen LogP contribution in [-0.2, 0) is 19.1 Å². The zero-order chi connectivity index (χ0) is 19.3. The molecule has 0 unspecified atom stereocenters. The Morgan fingerprint density at radius 3 is 2.77 bits per heavy atom. The number of aliphatic hydroxyl groups is 2. The lowest BCUT2D eigenvalue weighted by Gasteiger charge is -2.27. The van der Waals surface area contributed by atoms with E-state index in [-0.39, 0.29) is 17.8 Å². The van der Waals surface area contributed by atoms with Crippen LogP contribution in [0.5, 0.6) is 0 Å². The highest BCUT2D eigenvalue weighted by Gasteiger charge is 2.44. The van der Waals surface area contributed by atoms with Crippen molar-refractivity contribution < 1.29 is 29.3 Å². The van der Waals surface area contributed by atoms with Crippen LogP contribution < -0.4 is 0 Å². The number of esters is 2. The minimum Gasteiger partial charge on any atom is -0.458 e. The van der Waals surface area contributed by atoms with Gasteiger partial charge in [0.1, 0.15) is 12.2 Å². The van der Waals surface area contributed by atoms with E-state index in [0.717, 1.165) is 24.0 Å². The van der Waals surface area contributed by atoms with Crippen LogP contribution in [0, 0.1) is 5.92 Å². The third-order valence-electron chi connectivity index (χ3n) is 4.69. The van der Waals surface area contributed by atoms with Gasteiger partial charge in [0.15, 0.2) is 0 Å². The van der Waals surface area contributed by atoms with Crippen molar-refractivity contribution in [1.29, 1.82) is 0 Å². The first-order valence-corrected chi connectivity index (χ1v) is 8.71. The van der Waals surface area contributed by atoms with Gasteiger partial charge in [0, 0.05) is 12.0 Å². The second-order valence-corrected chi connectivity index (χ2v) is 6.74. The molecular formula is C20H26O6. The topological polar surface area (TPSA) is 93.1 Å². The van der Waals surface area contributed by atoms with Crippen molar-refractivity contribution in [2.75, 3.05) is 13.2 Å². The molecule has 0 spiro atoms. The van der Waals surface area contributed by atoms with E-state index in [1.54, 1.807) is 0 Å². The number of allylic oxidation sites excluding steroid dienone is 2. The fourth-order valence-corrected chi connectivity index (χ4v) is 3.27. The molecule has 0 aromatic carbocycles. The van der Waals surface area contributed by atoms with Crippen molar-refractivity contribution in [3.8, 4) is 0 Å². The molecular weight excluding hydrogens is 336 g/mol. The van der Waals surface area contributed by atoms with Gasteiger partial charge in [0.05, 0.1) is 24.7 Å². The predicted molar refractivity (Wildman–Crippen MR) is 96.0 cm³/mol. The van der Waals surface area contributed by atoms with E-state index in [1.165, 1.54) is 6.08 Å². The molecule has 6 nitrogen and oxygen atoms in total. The summed E-state index contributed by atoms with van der Waals surface area (Å²) in [6.07, 6.45) is 6.17. The number of aliphatic hydroxyl groups excluding tert-OH is 2. The molecule has 0 bridgehead atoms. The van der Waals surface area contributed by atoms with E-state index in [1.807, 2.05) is 19.9 Å². The monoisotopic (exact) mass is 362 g/mol. The van der Waals surface area contributed by atoms with Crippen molar-refractivity contribution in [2.24, 2.45) is 5.92 Å². The second kappa shape index (κ2) is 8.96. The summed E-state index contributed by atoms with van der Waals surface area (Å²) in [6.45, 7) is 6.85. The molecule has 2 rings (SSSR count). The molecule has 0 saturated carbocycles. The van der Waals surface area contributed by atoms with Gasteiger partial charge in [0.2, 0.25) is 0 Å². The SMILES string of the molecule is C=C1C(=O)O[C@@H]2/C=C(\C)CC/C=C(/C)C[C@@H](OC(=O)/C(=C/CO)CO)[C@H]12. The summed E-state index contributed by atoms with van der Waals surface area (Å²) in [7, 11) is 0. The average molecular weight is 362 g/mol. The zero-order valence-electron chi connectivity index (χ0n) is 15.2. The van der Waals surface area contributed by atoms with Crippen LogP contribution in [0.3, 0.4) is 0 Å². The predicted octanol–water partition coefficient (Wildman–Crippen LogP) is 1.98. The van der Waals surface area contributed by atoms with Crippen LogP contribution in [-0.4, -0.2) is 47.6 Å². The van der Waals surface area contributed by atoms with E-state index in [4.69, 9.17) is 14.6 Å². The molecule has 3 atom stereocenters. The molecule has 142 valence electrons. The van der Waals surface area contributed by atoms with E-state index in [0.29, 0.717) is 6.42 Å². The lowest BCUT2D eigenvalue weighted by molar-refractivity contribution is -0.147. The Labute approximate surface area is 153 Å². The average Bonchev–Trinajstić information content (AvgIpc) is 2.85. The first-order valence-electron chi connectivity index (χ1n) is 8.71. The largest absolute Gasteiger partial charge is 0.458 e. The molecule has 1 aliphatic carbocycles. The highest BCUT2D eigenvalue weighted by Crippen LogP contribution is 2.36. The third-order valence-corrected chi connectivity index (χ3v) is 4.69. The molecule has 0 radical (unpaired) electrons. The molecule has 26 heavy (non-hydrogen) atoms. The van der Waals surface area contributed by atoms with Gasteiger partial charge in [-0.2, -0.15) is 0 Å². The summed E-state index contributed by atoms with van der Waals surface area (Å²) in [4.78, 5) is 24.4. The van der Waals surface area contributed by atoms with Crippen molar-refractivity contribution in [3.63, 3.8) is 0 Å². The highest BCUT2D eigenvalue weighted by molar-refractivity contribution is 5.92. The Morgan fingerprint density at radius 1 is 1.38 bits per heavy atom. The maximum atomic E-state index is 12.4. The minimum atomic E-state index is -0.719. The standard InChI is InChI=1S/C20H26O6/c1-12-5-4-6-13(2)10-17(26-20(24)15(11-22)7-8-21)18-14(3)19(23)25-16(18)9-12/h6-7,9,16-18,21-22H,3-5,8,10-11H2,1-2H3/b12-9+,13-6-,15-7+/t16-,17-,18-/m1/s1. The van der Waals surface area contributed by atoms with Crippen LogP contribution in [0.25, 0.3) is 0 Å². The van der Waals surface area contributed by atoms with Gasteiger partial charge in [0.25, 0.3) is 0 Å². The molecule has 1 saturated heterocycles. The van der Waals surface area contributed by atoms with Gasteiger partial charge in [-0.1, -0.05) is 23.8 Å². The Kier molecular flexibility index (Phi) is 6.94. The normalized spacial score (nSPS) is 31.2. The molecule has 0 aromatic heterocycles. The summed E-state index contributed by atoms with van der Waals surface area (Å²) >= 11 is 0. The molecule has 1 heterocycles. The van der Waals surface area contributed by atoms with Crippen LogP contribution in [0.4, 0.5) is 0 Å². The van der Waals surface area contributed by atoms with Crippen LogP contribution >= 0.6 is 0 Å². The summed E-state index contributed by atoms with van der Waals surface area (Å²) in [5, 5.41) is 18.3. The van der Waals surface area contributed by atoms with Crippen LogP contribution in [0.15, 0.2) is 47.1 Å². The molecule has 1 fully saturated rings. The van der Waals surface area contributed by atoms with Gasteiger partial charge < -0.3 is 19.7 Å². The fourth-order valence-electron chi connectivity index (χ4n) is 3.27. The summed E-state index contributed by atoms with van der Waals surface area (Å²) in [5.41, 5.74) is 2.39. The lowest BCUT2D eigenvalue weighted by Crippen LogP contribution is -2.34. The number of carbonyl (C=O) groups excluding carboxylic acids is 2. The number of ether oxygens (including phenoxy) is 2. The quantitative estimate of drug-likeness (QED) is 0.451. The van der Waals surface area contributed by atoms with E-state index >= 15 is 0 Å². The number of rotatable bonds is 4. The fraction of sp³-hybridized carbons (Fsp3) is 0.500.